The fourth-order valence-corrected chi connectivity index (χ4v) is 2.55. The molecule has 0 aromatic carbocycles. The van der Waals surface area contributed by atoms with Gasteiger partial charge in [-0.25, -0.2) is 0 Å². The summed E-state index contributed by atoms with van der Waals surface area (Å²) < 4.78 is 0. The minimum absolute atomic E-state index is 0.0110. The summed E-state index contributed by atoms with van der Waals surface area (Å²) >= 11 is 1.66. The van der Waals surface area contributed by atoms with Crippen molar-refractivity contribution in [1.82, 2.24) is 4.90 Å². The summed E-state index contributed by atoms with van der Waals surface area (Å²) in [5.41, 5.74) is 0. The second-order valence-electron chi connectivity index (χ2n) is 4.23. The fourth-order valence-electron chi connectivity index (χ4n) is 1.50. The molecule has 0 fully saturated rings. The molecule has 5 heteroatoms. The number of rotatable bonds is 10. The molecule has 0 radical (unpaired) electrons. The average molecular weight is 260 g/mol. The maximum Gasteiger partial charge on any atom is 0.236 e. The first-order valence-electron chi connectivity index (χ1n) is 6.29. The average Bonchev–Trinajstić information content (AvgIpc) is 2.32. The van der Waals surface area contributed by atoms with Gasteiger partial charge in [-0.1, -0.05) is 32.6 Å². The molecule has 0 aliphatic rings. The second-order valence-corrected chi connectivity index (χ2v) is 5.68. The Hall–Kier alpha value is -0.580. The predicted octanol–water partition coefficient (Wildman–Crippen LogP) is 3.26. The molecule has 4 nitrogen and oxygen atoms in total. The molecule has 0 aliphatic carbocycles. The maximum atomic E-state index is 11.7. The lowest BCUT2D eigenvalue weighted by Crippen LogP contribution is -2.33. The van der Waals surface area contributed by atoms with Crippen LogP contribution in [-0.2, 0) is 4.79 Å². The molecule has 1 atom stereocenters. The highest BCUT2D eigenvalue weighted by Crippen LogP contribution is 2.16. The van der Waals surface area contributed by atoms with Gasteiger partial charge in [0.15, 0.2) is 6.67 Å². The first kappa shape index (κ1) is 16.4. The Morgan fingerprint density at radius 1 is 1.29 bits per heavy atom. The largest absolute Gasteiger partial charge is 0.322 e. The van der Waals surface area contributed by atoms with Crippen LogP contribution in [0.2, 0.25) is 0 Å². The van der Waals surface area contributed by atoms with Crippen molar-refractivity contribution in [2.75, 3.05) is 19.5 Å². The van der Waals surface area contributed by atoms with Gasteiger partial charge < -0.3 is 4.90 Å². The summed E-state index contributed by atoms with van der Waals surface area (Å²) in [7, 11) is 1.61. The van der Waals surface area contributed by atoms with E-state index in [4.69, 9.17) is 0 Å². The van der Waals surface area contributed by atoms with Crippen molar-refractivity contribution < 1.29 is 4.79 Å². The van der Waals surface area contributed by atoms with Crippen LogP contribution >= 0.6 is 11.8 Å². The number of nitrogens with zero attached hydrogens (tertiary/aromatic N) is 2. The normalized spacial score (nSPS) is 12.2. The summed E-state index contributed by atoms with van der Waals surface area (Å²) in [4.78, 5) is 23.1. The Morgan fingerprint density at radius 3 is 2.53 bits per heavy atom. The van der Waals surface area contributed by atoms with Crippen LogP contribution in [0.5, 0.6) is 0 Å². The Balaban J connectivity index is 3.60. The number of carbonyl (C=O) groups excluding carboxylic acids is 1. The van der Waals surface area contributed by atoms with Gasteiger partial charge in [0.1, 0.15) is 0 Å². The van der Waals surface area contributed by atoms with Crippen molar-refractivity contribution in [3.05, 3.63) is 4.91 Å². The number of hydrogen-bond donors (Lipinski definition) is 0. The van der Waals surface area contributed by atoms with Crippen LogP contribution in [0.1, 0.15) is 46.0 Å². The first-order chi connectivity index (χ1) is 8.13. The molecule has 0 aromatic heterocycles. The van der Waals surface area contributed by atoms with E-state index in [0.29, 0.717) is 0 Å². The lowest BCUT2D eigenvalue weighted by atomic mass is 10.2. The van der Waals surface area contributed by atoms with Gasteiger partial charge in [0.05, 0.1) is 5.25 Å². The zero-order valence-electron chi connectivity index (χ0n) is 11.1. The zero-order chi connectivity index (χ0) is 13.1. The van der Waals surface area contributed by atoms with Crippen LogP contribution in [0.15, 0.2) is 5.18 Å². The molecule has 0 heterocycles. The molecule has 0 aromatic rings. The summed E-state index contributed by atoms with van der Waals surface area (Å²) in [6.45, 7) is 4.03. The SMILES string of the molecule is CCCCCCCSC(C)C(=O)N(C)CN=O. The van der Waals surface area contributed by atoms with Gasteiger partial charge in [-0.05, 0) is 24.3 Å². The molecule has 100 valence electrons. The highest BCUT2D eigenvalue weighted by Gasteiger charge is 2.17. The van der Waals surface area contributed by atoms with E-state index in [2.05, 4.69) is 12.1 Å². The van der Waals surface area contributed by atoms with E-state index in [1.54, 1.807) is 18.8 Å². The molecule has 0 saturated carbocycles. The summed E-state index contributed by atoms with van der Waals surface area (Å²) in [5, 5.41) is 2.64. The van der Waals surface area contributed by atoms with Crippen molar-refractivity contribution in [2.45, 2.75) is 51.2 Å². The van der Waals surface area contributed by atoms with E-state index in [-0.39, 0.29) is 17.8 Å². The van der Waals surface area contributed by atoms with Crippen LogP contribution in [0.4, 0.5) is 0 Å². The van der Waals surface area contributed by atoms with Crippen molar-refractivity contribution in [2.24, 2.45) is 5.18 Å². The van der Waals surface area contributed by atoms with Crippen LogP contribution in [-0.4, -0.2) is 35.5 Å². The van der Waals surface area contributed by atoms with E-state index in [9.17, 15) is 9.70 Å². The third kappa shape index (κ3) is 8.18. The van der Waals surface area contributed by atoms with Crippen molar-refractivity contribution in [3.8, 4) is 0 Å². The number of amides is 1. The monoisotopic (exact) mass is 260 g/mol. The minimum atomic E-state index is -0.0760. The van der Waals surface area contributed by atoms with E-state index < -0.39 is 0 Å². The van der Waals surface area contributed by atoms with E-state index in [0.717, 1.165) is 12.2 Å². The number of thioether (sulfide) groups is 1. The Morgan fingerprint density at radius 2 is 1.94 bits per heavy atom. The maximum absolute atomic E-state index is 11.7. The van der Waals surface area contributed by atoms with Crippen molar-refractivity contribution in [3.63, 3.8) is 0 Å². The Kier molecular flexibility index (Phi) is 10.2. The van der Waals surface area contributed by atoms with Crippen LogP contribution in [0.25, 0.3) is 0 Å². The molecule has 0 N–H and O–H groups in total. The highest BCUT2D eigenvalue weighted by atomic mass is 32.2. The van der Waals surface area contributed by atoms with Gasteiger partial charge in [0.2, 0.25) is 5.91 Å². The zero-order valence-corrected chi connectivity index (χ0v) is 12.0. The topological polar surface area (TPSA) is 49.7 Å². The predicted molar refractivity (Wildman–Crippen MR) is 74.1 cm³/mol. The molecule has 0 bridgehead atoms. The smallest absolute Gasteiger partial charge is 0.236 e. The van der Waals surface area contributed by atoms with Gasteiger partial charge >= 0.3 is 0 Å². The highest BCUT2D eigenvalue weighted by molar-refractivity contribution is 8.00. The standard InChI is InChI=1S/C12H24N2O2S/c1-4-5-6-7-8-9-17-11(2)12(15)14(3)10-13-16/h11H,4-10H2,1-3H3. The quantitative estimate of drug-likeness (QED) is 0.447. The summed E-state index contributed by atoms with van der Waals surface area (Å²) in [6.07, 6.45) is 6.25. The van der Waals surface area contributed by atoms with Gasteiger partial charge in [0, 0.05) is 7.05 Å². The van der Waals surface area contributed by atoms with Crippen molar-refractivity contribution >= 4 is 17.7 Å². The van der Waals surface area contributed by atoms with Gasteiger partial charge in [-0.15, -0.1) is 16.7 Å². The minimum Gasteiger partial charge on any atom is -0.322 e. The molecule has 0 rings (SSSR count). The van der Waals surface area contributed by atoms with E-state index >= 15 is 0 Å². The number of carbonyl (C=O) groups is 1. The molecule has 1 unspecified atom stereocenters. The van der Waals surface area contributed by atoms with Gasteiger partial charge in [-0.3, -0.25) is 4.79 Å². The number of hydrogen-bond acceptors (Lipinski definition) is 4. The molecule has 0 spiro atoms. The molecular formula is C12H24N2O2S. The first-order valence-corrected chi connectivity index (χ1v) is 7.34. The third-order valence-electron chi connectivity index (χ3n) is 2.61. The Bertz CT molecular complexity index is 225. The number of unbranched alkanes of at least 4 members (excludes halogenated alkanes) is 4. The fraction of sp³-hybridized carbons (Fsp3) is 0.917. The summed E-state index contributed by atoms with van der Waals surface area (Å²) in [5.74, 6) is 1.00. The molecule has 0 aliphatic heterocycles. The third-order valence-corrected chi connectivity index (χ3v) is 3.84. The summed E-state index contributed by atoms with van der Waals surface area (Å²) in [6, 6.07) is 0. The lowest BCUT2D eigenvalue weighted by molar-refractivity contribution is -0.128. The van der Waals surface area contributed by atoms with Crippen molar-refractivity contribution in [1.29, 1.82) is 0 Å². The van der Waals surface area contributed by atoms with Gasteiger partial charge in [0.25, 0.3) is 0 Å². The number of nitroso groups, excluding NO2 is 1. The molecule has 1 amide bonds. The van der Waals surface area contributed by atoms with E-state index in [1.807, 2.05) is 6.92 Å². The Labute approximate surface area is 108 Å². The van der Waals surface area contributed by atoms with E-state index in [1.165, 1.54) is 30.6 Å². The molecular weight excluding hydrogens is 236 g/mol. The van der Waals surface area contributed by atoms with Crippen LogP contribution < -0.4 is 0 Å². The molecule has 17 heavy (non-hydrogen) atoms. The lowest BCUT2D eigenvalue weighted by Gasteiger charge is -2.17. The van der Waals surface area contributed by atoms with Crippen LogP contribution in [0.3, 0.4) is 0 Å². The van der Waals surface area contributed by atoms with Gasteiger partial charge in [-0.2, -0.15) is 0 Å². The second kappa shape index (κ2) is 10.6. The molecule has 0 saturated heterocycles. The van der Waals surface area contributed by atoms with Crippen LogP contribution in [0, 0.1) is 4.91 Å².